The fourth-order valence-corrected chi connectivity index (χ4v) is 3.78. The summed E-state index contributed by atoms with van der Waals surface area (Å²) in [6.45, 7) is 1.37. The van der Waals surface area contributed by atoms with Gasteiger partial charge in [0.2, 0.25) is 10.0 Å². The van der Waals surface area contributed by atoms with E-state index in [9.17, 15) is 13.2 Å². The summed E-state index contributed by atoms with van der Waals surface area (Å²) in [5.41, 5.74) is 3.68. The van der Waals surface area contributed by atoms with Crippen LogP contribution in [0.4, 0.5) is 0 Å². The van der Waals surface area contributed by atoms with Crippen LogP contribution in [-0.2, 0) is 14.8 Å². The van der Waals surface area contributed by atoms with Gasteiger partial charge in [-0.2, -0.15) is 9.41 Å². The van der Waals surface area contributed by atoms with Crippen molar-refractivity contribution >= 4 is 33.7 Å². The third-order valence-corrected chi connectivity index (χ3v) is 5.84. The fraction of sp³-hybridized carbons (Fsp3) is 0.222. The Morgan fingerprint density at radius 1 is 1.30 bits per heavy atom. The molecule has 1 N–H and O–H groups in total. The number of benzene rings is 2. The Balaban J connectivity index is 2.07. The zero-order chi connectivity index (χ0) is 20.0. The predicted octanol–water partition coefficient (Wildman–Crippen LogP) is 2.43. The van der Waals surface area contributed by atoms with Crippen LogP contribution in [0.1, 0.15) is 11.1 Å². The largest absolute Gasteiger partial charge is 0.495 e. The van der Waals surface area contributed by atoms with Crippen molar-refractivity contribution in [3.8, 4) is 5.75 Å². The van der Waals surface area contributed by atoms with Gasteiger partial charge in [-0.3, -0.25) is 4.79 Å². The molecule has 0 atom stereocenters. The van der Waals surface area contributed by atoms with Crippen LogP contribution in [-0.4, -0.2) is 45.5 Å². The highest BCUT2D eigenvalue weighted by Crippen LogP contribution is 2.27. The van der Waals surface area contributed by atoms with E-state index in [-0.39, 0.29) is 10.6 Å². The number of hydrogen-bond acceptors (Lipinski definition) is 5. The molecule has 7 nitrogen and oxygen atoms in total. The number of hydrazone groups is 1. The molecule has 0 fully saturated rings. The molecule has 0 saturated heterocycles. The van der Waals surface area contributed by atoms with Crippen molar-refractivity contribution in [2.75, 3.05) is 20.7 Å². The maximum Gasteiger partial charge on any atom is 0.255 e. The molecule has 2 aromatic rings. The number of nitrogens with one attached hydrogen (secondary N) is 1. The highest BCUT2D eigenvalue weighted by molar-refractivity contribution is 7.89. The van der Waals surface area contributed by atoms with Crippen molar-refractivity contribution in [3.63, 3.8) is 0 Å². The zero-order valence-electron chi connectivity index (χ0n) is 15.1. The monoisotopic (exact) mass is 409 g/mol. The van der Waals surface area contributed by atoms with Gasteiger partial charge in [-0.1, -0.05) is 35.9 Å². The molecule has 0 aliphatic rings. The lowest BCUT2D eigenvalue weighted by atomic mass is 10.2. The molecule has 144 valence electrons. The van der Waals surface area contributed by atoms with Crippen LogP contribution in [0, 0.1) is 6.92 Å². The minimum atomic E-state index is -3.91. The standard InChI is InChI=1S/C18H20ClN3O4S/c1-13-8-9-16(26-3)17(10-13)27(24,25)22(2)12-18(23)21-20-11-14-6-4-5-7-15(14)19/h4-11H,12H2,1-3H3,(H,21,23)/b20-11+. The number of carbonyl (C=O) groups excluding carboxylic acids is 1. The van der Waals surface area contributed by atoms with Crippen LogP contribution in [0.2, 0.25) is 5.02 Å². The summed E-state index contributed by atoms with van der Waals surface area (Å²) in [6, 6.07) is 11.8. The number of hydrogen-bond donors (Lipinski definition) is 1. The van der Waals surface area contributed by atoms with E-state index in [0.29, 0.717) is 10.6 Å². The average molecular weight is 410 g/mol. The minimum absolute atomic E-state index is 0.000122. The molecule has 0 bridgehead atoms. The number of rotatable bonds is 7. The van der Waals surface area contributed by atoms with Gasteiger partial charge in [0.05, 0.1) is 19.9 Å². The number of carbonyl (C=O) groups is 1. The lowest BCUT2D eigenvalue weighted by molar-refractivity contribution is -0.121. The number of methoxy groups -OCH3 is 1. The number of ether oxygens (including phenoxy) is 1. The minimum Gasteiger partial charge on any atom is -0.495 e. The lowest BCUT2D eigenvalue weighted by Crippen LogP contribution is -2.36. The average Bonchev–Trinajstić information content (AvgIpc) is 2.63. The van der Waals surface area contributed by atoms with E-state index in [1.165, 1.54) is 26.4 Å². The first-order valence-electron chi connectivity index (χ1n) is 7.93. The molecule has 0 radical (unpaired) electrons. The van der Waals surface area contributed by atoms with Gasteiger partial charge in [-0.05, 0) is 30.7 Å². The van der Waals surface area contributed by atoms with Crippen LogP contribution in [0.5, 0.6) is 5.75 Å². The Bertz CT molecular complexity index is 961. The number of amides is 1. The van der Waals surface area contributed by atoms with Crippen LogP contribution in [0.3, 0.4) is 0 Å². The van der Waals surface area contributed by atoms with Crippen molar-refractivity contribution in [1.29, 1.82) is 0 Å². The molecule has 0 aromatic heterocycles. The predicted molar refractivity (Wildman–Crippen MR) is 105 cm³/mol. The number of halogens is 1. The molecule has 0 unspecified atom stereocenters. The summed E-state index contributed by atoms with van der Waals surface area (Å²) in [4.78, 5) is 12.0. The van der Waals surface area contributed by atoms with E-state index < -0.39 is 22.5 Å². The maximum atomic E-state index is 12.7. The summed E-state index contributed by atoms with van der Waals surface area (Å²) in [6.07, 6.45) is 1.39. The highest BCUT2D eigenvalue weighted by atomic mass is 35.5. The molecule has 9 heteroatoms. The second kappa shape index (κ2) is 8.98. The second-order valence-electron chi connectivity index (χ2n) is 5.73. The molecule has 27 heavy (non-hydrogen) atoms. The fourth-order valence-electron chi connectivity index (χ4n) is 2.23. The zero-order valence-corrected chi connectivity index (χ0v) is 16.7. The Morgan fingerprint density at radius 2 is 2.00 bits per heavy atom. The van der Waals surface area contributed by atoms with Gasteiger partial charge in [0.15, 0.2) is 0 Å². The number of likely N-dealkylation sites (N-methyl/N-ethyl adjacent to an activating group) is 1. The second-order valence-corrected chi connectivity index (χ2v) is 8.15. The van der Waals surface area contributed by atoms with Gasteiger partial charge < -0.3 is 4.74 Å². The van der Waals surface area contributed by atoms with E-state index in [0.717, 1.165) is 9.87 Å². The summed E-state index contributed by atoms with van der Waals surface area (Å²) in [7, 11) is -1.21. The lowest BCUT2D eigenvalue weighted by Gasteiger charge is -2.18. The Labute approximate surface area is 163 Å². The van der Waals surface area contributed by atoms with Gasteiger partial charge in [-0.15, -0.1) is 0 Å². The Hall–Kier alpha value is -2.42. The van der Waals surface area contributed by atoms with Gasteiger partial charge >= 0.3 is 0 Å². The molecule has 0 saturated carbocycles. The third kappa shape index (κ3) is 5.29. The number of nitrogens with zero attached hydrogens (tertiary/aromatic N) is 2. The third-order valence-electron chi connectivity index (χ3n) is 3.67. The van der Waals surface area contributed by atoms with E-state index in [1.807, 2.05) is 0 Å². The molecule has 2 rings (SSSR count). The highest BCUT2D eigenvalue weighted by Gasteiger charge is 2.26. The molecular weight excluding hydrogens is 390 g/mol. The maximum absolute atomic E-state index is 12.7. The van der Waals surface area contributed by atoms with Crippen molar-refractivity contribution in [2.24, 2.45) is 5.10 Å². The van der Waals surface area contributed by atoms with Crippen molar-refractivity contribution in [1.82, 2.24) is 9.73 Å². The van der Waals surface area contributed by atoms with Crippen LogP contribution in [0.25, 0.3) is 0 Å². The van der Waals surface area contributed by atoms with E-state index in [1.54, 1.807) is 43.3 Å². The molecule has 0 aliphatic heterocycles. The molecule has 0 spiro atoms. The molecule has 1 amide bonds. The molecular formula is C18H20ClN3O4S. The van der Waals surface area contributed by atoms with Gasteiger partial charge in [-0.25, -0.2) is 13.8 Å². The van der Waals surface area contributed by atoms with E-state index in [4.69, 9.17) is 16.3 Å². The van der Waals surface area contributed by atoms with E-state index in [2.05, 4.69) is 10.5 Å². The van der Waals surface area contributed by atoms with Crippen molar-refractivity contribution < 1.29 is 17.9 Å². The number of sulfonamides is 1. The SMILES string of the molecule is COc1ccc(C)cc1S(=O)(=O)N(C)CC(=O)N/N=C/c1ccccc1Cl. The van der Waals surface area contributed by atoms with Gasteiger partial charge in [0.1, 0.15) is 10.6 Å². The molecule has 0 aliphatic carbocycles. The quantitative estimate of drug-likeness (QED) is 0.562. The Morgan fingerprint density at radius 3 is 2.67 bits per heavy atom. The van der Waals surface area contributed by atoms with Crippen LogP contribution >= 0.6 is 11.6 Å². The summed E-state index contributed by atoms with van der Waals surface area (Å²) in [5.74, 6) is -0.374. The molecule has 2 aromatic carbocycles. The van der Waals surface area contributed by atoms with Crippen LogP contribution in [0.15, 0.2) is 52.5 Å². The first-order valence-corrected chi connectivity index (χ1v) is 9.75. The van der Waals surface area contributed by atoms with Gasteiger partial charge in [0.25, 0.3) is 5.91 Å². The van der Waals surface area contributed by atoms with Gasteiger partial charge in [0, 0.05) is 17.6 Å². The first kappa shape index (κ1) is 20.9. The van der Waals surface area contributed by atoms with E-state index >= 15 is 0 Å². The van der Waals surface area contributed by atoms with Crippen molar-refractivity contribution in [3.05, 3.63) is 58.6 Å². The summed E-state index contributed by atoms with van der Waals surface area (Å²) >= 11 is 5.99. The summed E-state index contributed by atoms with van der Waals surface area (Å²) in [5, 5.41) is 4.29. The van der Waals surface area contributed by atoms with Crippen molar-refractivity contribution in [2.45, 2.75) is 11.8 Å². The Kier molecular flexibility index (Phi) is 6.95. The number of aryl methyl sites for hydroxylation is 1. The summed E-state index contributed by atoms with van der Waals surface area (Å²) < 4.78 is 31.6. The topological polar surface area (TPSA) is 88.1 Å². The molecule has 0 heterocycles. The smallest absolute Gasteiger partial charge is 0.255 e. The normalized spacial score (nSPS) is 11.7. The van der Waals surface area contributed by atoms with Crippen LogP contribution < -0.4 is 10.2 Å². The first-order chi connectivity index (χ1) is 12.8.